The normalized spacial score (nSPS) is 41.2. The fraction of sp³-hybridized carbons (Fsp3) is 0.692. The minimum absolute atomic E-state index is 0.0445. The average molecular weight is 633 g/mol. The van der Waals surface area contributed by atoms with Gasteiger partial charge in [-0.05, 0) is 134 Å². The highest BCUT2D eigenvalue weighted by Crippen LogP contribution is 2.77. The molecular weight excluding hydrogens is 580 g/mol. The molecule has 9 atom stereocenters. The van der Waals surface area contributed by atoms with Crippen LogP contribution in [0.1, 0.15) is 104 Å². The topological polar surface area (TPSA) is 71.2 Å². The Morgan fingerprint density at radius 1 is 1.00 bits per heavy atom. The number of benzene rings is 1. The van der Waals surface area contributed by atoms with Crippen LogP contribution in [0.25, 0.3) is 10.9 Å². The number of carbonyl (C=O) groups is 2. The number of aromatic nitrogens is 1. The number of fused-ring (bicyclic) bond motifs is 10. The van der Waals surface area contributed by atoms with Crippen LogP contribution in [0.4, 0.5) is 0 Å². The highest BCUT2D eigenvalue weighted by Gasteiger charge is 2.71. The number of aromatic amines is 1. The molecule has 0 saturated heterocycles. The molecule has 4 saturated carbocycles. The number of esters is 1. The zero-order valence-electron chi connectivity index (χ0n) is 28.5. The molecule has 45 heavy (non-hydrogen) atoms. The Hall–Kier alpha value is -2.27. The van der Waals surface area contributed by atoms with Gasteiger partial charge < -0.3 is 15.0 Å². The van der Waals surface area contributed by atoms with Gasteiger partial charge in [0.15, 0.2) is 0 Å². The molecule has 1 aromatic carbocycles. The fourth-order valence-electron chi connectivity index (χ4n) is 13.2. The van der Waals surface area contributed by atoms with E-state index in [1.165, 1.54) is 54.1 Å². The Morgan fingerprint density at radius 3 is 2.47 bits per heavy atom. The maximum absolute atomic E-state index is 14.1. The number of rotatable bonds is 4. The average Bonchev–Trinajstić information content (AvgIpc) is 3.56. The van der Waals surface area contributed by atoms with E-state index >= 15 is 0 Å². The Bertz CT molecular complexity index is 1590. The number of nitrogens with one attached hydrogen (secondary N) is 2. The van der Waals surface area contributed by atoms with Gasteiger partial charge >= 0.3 is 5.97 Å². The van der Waals surface area contributed by atoms with Gasteiger partial charge in [-0.1, -0.05) is 58.4 Å². The Balaban J connectivity index is 1.28. The first-order valence-electron chi connectivity index (χ1n) is 17.5. The summed E-state index contributed by atoms with van der Waals surface area (Å²) in [6, 6.07) is 6.34. The first-order valence-corrected chi connectivity index (χ1v) is 17.8. The number of hydrogen-bond acceptors (Lipinski definition) is 3. The molecule has 0 aliphatic heterocycles. The van der Waals surface area contributed by atoms with Crippen molar-refractivity contribution >= 4 is 34.4 Å². The minimum atomic E-state index is -0.433. The lowest BCUT2D eigenvalue weighted by molar-refractivity contribution is -0.224. The summed E-state index contributed by atoms with van der Waals surface area (Å²) < 4.78 is 4.87. The smallest absolute Gasteiger partial charge is 0.325 e. The van der Waals surface area contributed by atoms with E-state index in [9.17, 15) is 9.59 Å². The van der Waals surface area contributed by atoms with Gasteiger partial charge in [0.25, 0.3) is 0 Å². The molecule has 2 aromatic rings. The summed E-state index contributed by atoms with van der Waals surface area (Å²) in [4.78, 5) is 30.0. The van der Waals surface area contributed by atoms with Crippen LogP contribution in [-0.2, 0) is 26.2 Å². The van der Waals surface area contributed by atoms with Crippen molar-refractivity contribution in [2.75, 3.05) is 13.7 Å². The standard InChI is InChI=1S/C39H53ClN2O3/c1-22(2)24-13-16-39(34(44)41-21-31(43)45-8)18-17-37(6)27(32(24)39)10-12-30-36(5)20-26-25-19-23(40)9-11-28(25)42-33(26)35(3,4)29(36)14-15-38(30,37)7/h9,11,19,24,27,29-30,32,42H,1,10,12-18,20-21H2,2-8H3,(H,41,44)/t24-,27?,29?,30?,32?,36-,37+,38+,39-/m0/s1. The second kappa shape index (κ2) is 10.1. The molecule has 6 heteroatoms. The first kappa shape index (κ1) is 31.3. The van der Waals surface area contributed by atoms with Crippen molar-refractivity contribution in [2.45, 2.75) is 105 Å². The molecule has 244 valence electrons. The molecule has 5 nitrogen and oxygen atoms in total. The van der Waals surface area contributed by atoms with Gasteiger partial charge in [0, 0.05) is 27.0 Å². The van der Waals surface area contributed by atoms with Crippen LogP contribution in [-0.4, -0.2) is 30.5 Å². The second-order valence-electron chi connectivity index (χ2n) is 17.2. The molecule has 2 N–H and O–H groups in total. The van der Waals surface area contributed by atoms with Crippen LogP contribution in [0, 0.1) is 51.2 Å². The Labute approximate surface area is 274 Å². The summed E-state index contributed by atoms with van der Waals surface area (Å²) in [5.41, 5.74) is 5.42. The molecular formula is C39H53ClN2O3. The lowest BCUT2D eigenvalue weighted by Crippen LogP contribution is -2.67. The summed E-state index contributed by atoms with van der Waals surface area (Å²) >= 11 is 6.57. The summed E-state index contributed by atoms with van der Waals surface area (Å²) in [7, 11) is 1.38. The van der Waals surface area contributed by atoms with E-state index in [4.69, 9.17) is 16.3 Å². The predicted molar refractivity (Wildman–Crippen MR) is 181 cm³/mol. The van der Waals surface area contributed by atoms with Crippen molar-refractivity contribution in [2.24, 2.45) is 51.2 Å². The number of allylic oxidation sites excluding steroid dienone is 1. The van der Waals surface area contributed by atoms with E-state index in [0.717, 1.165) is 43.5 Å². The van der Waals surface area contributed by atoms with Gasteiger partial charge in [-0.15, -0.1) is 0 Å². The van der Waals surface area contributed by atoms with E-state index in [1.807, 2.05) is 6.07 Å². The van der Waals surface area contributed by atoms with Crippen molar-refractivity contribution in [1.29, 1.82) is 0 Å². The molecule has 1 heterocycles. The van der Waals surface area contributed by atoms with Gasteiger partial charge in [0.2, 0.25) is 5.91 Å². The minimum Gasteiger partial charge on any atom is -0.468 e. The number of hydrogen-bond donors (Lipinski definition) is 2. The molecule has 4 fully saturated rings. The fourth-order valence-corrected chi connectivity index (χ4v) is 13.4. The molecule has 0 spiro atoms. The molecule has 1 amide bonds. The Kier molecular flexibility index (Phi) is 7.04. The third-order valence-electron chi connectivity index (χ3n) is 15.3. The van der Waals surface area contributed by atoms with Crippen molar-refractivity contribution in [3.63, 3.8) is 0 Å². The number of ether oxygens (including phenoxy) is 1. The number of methoxy groups -OCH3 is 1. The van der Waals surface area contributed by atoms with Gasteiger partial charge in [-0.3, -0.25) is 9.59 Å². The van der Waals surface area contributed by atoms with Gasteiger partial charge in [0.05, 0.1) is 12.5 Å². The largest absolute Gasteiger partial charge is 0.468 e. The van der Waals surface area contributed by atoms with E-state index < -0.39 is 5.41 Å². The van der Waals surface area contributed by atoms with Gasteiger partial charge in [0.1, 0.15) is 6.54 Å². The lowest BCUT2D eigenvalue weighted by Gasteiger charge is -2.72. The quantitative estimate of drug-likeness (QED) is 0.261. The highest BCUT2D eigenvalue weighted by atomic mass is 35.5. The molecule has 5 aliphatic rings. The zero-order valence-corrected chi connectivity index (χ0v) is 29.3. The summed E-state index contributed by atoms with van der Waals surface area (Å²) in [6.07, 6.45) is 9.77. The van der Waals surface area contributed by atoms with Crippen LogP contribution in [0.5, 0.6) is 0 Å². The summed E-state index contributed by atoms with van der Waals surface area (Å²) in [5.74, 6) is 1.94. The molecule has 7 rings (SSSR count). The van der Waals surface area contributed by atoms with Crippen molar-refractivity contribution < 1.29 is 14.3 Å². The molecule has 5 aliphatic carbocycles. The molecule has 1 aromatic heterocycles. The second-order valence-corrected chi connectivity index (χ2v) is 17.6. The number of H-pyrrole nitrogens is 1. The van der Waals surface area contributed by atoms with Crippen molar-refractivity contribution in [1.82, 2.24) is 10.3 Å². The van der Waals surface area contributed by atoms with E-state index in [0.29, 0.717) is 23.7 Å². The van der Waals surface area contributed by atoms with Crippen LogP contribution in [0.3, 0.4) is 0 Å². The van der Waals surface area contributed by atoms with Gasteiger partial charge in [-0.2, -0.15) is 0 Å². The maximum atomic E-state index is 14.1. The summed E-state index contributed by atoms with van der Waals surface area (Å²) in [6.45, 7) is 19.5. The maximum Gasteiger partial charge on any atom is 0.325 e. The molecule has 4 unspecified atom stereocenters. The van der Waals surface area contributed by atoms with E-state index in [1.54, 1.807) is 0 Å². The van der Waals surface area contributed by atoms with Crippen molar-refractivity contribution in [3.05, 3.63) is 46.6 Å². The van der Waals surface area contributed by atoms with E-state index in [-0.39, 0.29) is 46.0 Å². The first-order chi connectivity index (χ1) is 21.1. The monoisotopic (exact) mass is 632 g/mol. The highest BCUT2D eigenvalue weighted by molar-refractivity contribution is 6.31. The number of amides is 1. The SMILES string of the molecule is C=C(C)[C@@H]1CC[C@]2(C(=O)NCC(=O)OC)CC[C@]3(C)C(CCC4[C@@]5(C)Cc6c([nH]c7ccc(Cl)cc67)C(C)(C)C5CC[C@]43C)C12. The van der Waals surface area contributed by atoms with E-state index in [2.05, 4.69) is 70.6 Å². The number of halogens is 1. The predicted octanol–water partition coefficient (Wildman–Crippen LogP) is 8.78. The van der Waals surface area contributed by atoms with Crippen LogP contribution >= 0.6 is 11.6 Å². The third-order valence-corrected chi connectivity index (χ3v) is 15.6. The van der Waals surface area contributed by atoms with Gasteiger partial charge in [-0.25, -0.2) is 0 Å². The third kappa shape index (κ3) is 4.04. The molecule has 0 radical (unpaired) electrons. The van der Waals surface area contributed by atoms with Crippen LogP contribution < -0.4 is 5.32 Å². The molecule has 0 bridgehead atoms. The number of carbonyl (C=O) groups excluding carboxylic acids is 2. The van der Waals surface area contributed by atoms with Crippen molar-refractivity contribution in [3.8, 4) is 0 Å². The zero-order chi connectivity index (χ0) is 32.3. The lowest BCUT2D eigenvalue weighted by atomic mass is 9.32. The van der Waals surface area contributed by atoms with Crippen LogP contribution in [0.2, 0.25) is 5.02 Å². The van der Waals surface area contributed by atoms with Crippen LogP contribution in [0.15, 0.2) is 30.4 Å². The Morgan fingerprint density at radius 2 is 1.76 bits per heavy atom. The summed E-state index contributed by atoms with van der Waals surface area (Å²) in [5, 5.41) is 5.13.